The lowest BCUT2D eigenvalue weighted by molar-refractivity contribution is 1.49. The lowest BCUT2D eigenvalue weighted by Crippen LogP contribution is -2.18. The molecule has 5 heteroatoms. The molecule has 0 heterocycles. The van der Waals surface area contributed by atoms with Crippen LogP contribution in [-0.4, -0.2) is 5.11 Å². The molecule has 0 amide bonds. The topological polar surface area (TPSA) is 99.6 Å². The number of hydrogen-bond acceptors (Lipinski definition) is 3. The van der Waals surface area contributed by atoms with E-state index in [1.54, 1.807) is 0 Å². The highest BCUT2D eigenvalue weighted by molar-refractivity contribution is 7.80. The third-order valence-electron chi connectivity index (χ3n) is 0.0500. The van der Waals surface area contributed by atoms with Gasteiger partial charge in [-0.3, -0.25) is 0 Å². The summed E-state index contributed by atoms with van der Waals surface area (Å²) in [7, 11) is 0. The van der Waals surface area contributed by atoms with Gasteiger partial charge in [-0.25, -0.2) is 0 Å². The predicted molar refractivity (Wildman–Crippen MR) is 32.2 cm³/mol. The molecule has 4 N–H and O–H groups in total. The van der Waals surface area contributed by atoms with E-state index in [1.807, 2.05) is 0 Å². The van der Waals surface area contributed by atoms with E-state index >= 15 is 0 Å². The monoisotopic (exact) mass is 128 g/mol. The Morgan fingerprint density at radius 3 is 1.38 bits per heavy atom. The Hall–Kier alpha value is -1.33. The van der Waals surface area contributed by atoms with E-state index in [0.717, 1.165) is 0 Å². The first-order chi connectivity index (χ1) is 3.65. The number of thiocarbonyl (C=S) groups is 1. The molecule has 0 atom stereocenters. The summed E-state index contributed by atoms with van der Waals surface area (Å²) < 4.78 is 0. The number of hydrogen-bond donors (Lipinski definition) is 2. The molecule has 0 aliphatic carbocycles. The molecule has 0 rings (SSSR count). The summed E-state index contributed by atoms with van der Waals surface area (Å²) in [6, 6.07) is 2.47. The smallest absolute Gasteiger partial charge is 0.181 e. The van der Waals surface area contributed by atoms with Crippen molar-refractivity contribution < 1.29 is 0 Å². The van der Waals surface area contributed by atoms with Gasteiger partial charge >= 0.3 is 0 Å². The van der Waals surface area contributed by atoms with Crippen molar-refractivity contribution in [1.29, 1.82) is 10.5 Å². The predicted octanol–water partition coefficient (Wildman–Crippen LogP) is -0.778. The highest BCUT2D eigenvalue weighted by Crippen LogP contribution is 1.32. The van der Waals surface area contributed by atoms with Gasteiger partial charge in [0.25, 0.3) is 0 Å². The molecule has 0 saturated carbocycles. The van der Waals surface area contributed by atoms with Crippen LogP contribution in [0.25, 0.3) is 0 Å². The zero-order chi connectivity index (χ0) is 6.99. The van der Waals surface area contributed by atoms with Crippen molar-refractivity contribution in [2.24, 2.45) is 11.5 Å². The number of nitrogens with zero attached hydrogens (tertiary/aromatic N) is 2. The molecule has 0 aromatic heterocycles. The minimum atomic E-state index is 0.000000000000000222. The maximum Gasteiger partial charge on any atom is 0.181 e. The third-order valence-corrected chi connectivity index (χ3v) is 0.0500. The Labute approximate surface area is 52.3 Å². The van der Waals surface area contributed by atoms with Crippen molar-refractivity contribution in [3.05, 3.63) is 0 Å². The highest BCUT2D eigenvalue weighted by Gasteiger charge is 1.53. The van der Waals surface area contributed by atoms with Crippen molar-refractivity contribution >= 4 is 17.3 Å². The first kappa shape index (κ1) is 9.83. The van der Waals surface area contributed by atoms with E-state index in [1.165, 1.54) is 12.1 Å². The normalized spacial score (nSPS) is 4.25. The van der Waals surface area contributed by atoms with Gasteiger partial charge in [0.2, 0.25) is 0 Å². The third kappa shape index (κ3) is 578. The second kappa shape index (κ2) is 9.18. The fraction of sp³-hybridized carbons (Fsp3) is 0. The van der Waals surface area contributed by atoms with Gasteiger partial charge in [0.15, 0.2) is 17.3 Å². The summed E-state index contributed by atoms with van der Waals surface area (Å²) >= 11 is 4.09. The first-order valence-corrected chi connectivity index (χ1v) is 1.89. The molecule has 0 aliphatic heterocycles. The summed E-state index contributed by atoms with van der Waals surface area (Å²) in [6.07, 6.45) is 0. The summed E-state index contributed by atoms with van der Waals surface area (Å²) in [5.41, 5.74) is 9.24. The minimum Gasteiger partial charge on any atom is -0.377 e. The summed E-state index contributed by atoms with van der Waals surface area (Å²) in [6.45, 7) is 0. The largest absolute Gasteiger partial charge is 0.377 e. The molecule has 0 aromatic rings. The van der Waals surface area contributed by atoms with Crippen LogP contribution in [0, 0.1) is 22.7 Å². The molecular formula is C3H4N4S. The van der Waals surface area contributed by atoms with Gasteiger partial charge in [0.05, 0.1) is 0 Å². The average molecular weight is 128 g/mol. The molecule has 0 fully saturated rings. The summed E-state index contributed by atoms with van der Waals surface area (Å²) in [4.78, 5) is 0. The zero-order valence-electron chi connectivity index (χ0n) is 3.96. The van der Waals surface area contributed by atoms with Crippen LogP contribution in [0.2, 0.25) is 0 Å². The van der Waals surface area contributed by atoms with Gasteiger partial charge in [-0.1, -0.05) is 0 Å². The number of rotatable bonds is 0. The van der Waals surface area contributed by atoms with Gasteiger partial charge in [0.1, 0.15) is 0 Å². The van der Waals surface area contributed by atoms with E-state index in [4.69, 9.17) is 10.5 Å². The molecule has 4 nitrogen and oxygen atoms in total. The fourth-order valence-corrected chi connectivity index (χ4v) is 0. The van der Waals surface area contributed by atoms with Crippen LogP contribution in [0.1, 0.15) is 0 Å². The highest BCUT2D eigenvalue weighted by atomic mass is 32.1. The molecule has 0 aromatic carbocycles. The molecule has 42 valence electrons. The van der Waals surface area contributed by atoms with Gasteiger partial charge in [-0.15, -0.1) is 0 Å². The van der Waals surface area contributed by atoms with E-state index in [2.05, 4.69) is 23.7 Å². The molecule has 0 unspecified atom stereocenters. The maximum atomic E-state index is 7.26. The van der Waals surface area contributed by atoms with Crippen LogP contribution in [-0.2, 0) is 0 Å². The van der Waals surface area contributed by atoms with Gasteiger partial charge < -0.3 is 11.5 Å². The number of nitriles is 2. The Bertz CT molecular complexity index is 122. The Kier molecular flexibility index (Phi) is 11.3. The van der Waals surface area contributed by atoms with E-state index in [9.17, 15) is 0 Å². The average Bonchev–Trinajstić information content (AvgIpc) is 1.65. The van der Waals surface area contributed by atoms with Crippen LogP contribution in [0.5, 0.6) is 0 Å². The van der Waals surface area contributed by atoms with Crippen molar-refractivity contribution in [2.45, 2.75) is 0 Å². The minimum absolute atomic E-state index is 0.000000000000000222. The van der Waals surface area contributed by atoms with Gasteiger partial charge in [-0.2, -0.15) is 10.5 Å². The first-order valence-electron chi connectivity index (χ1n) is 1.48. The molecule has 0 bridgehead atoms. The van der Waals surface area contributed by atoms with E-state index < -0.39 is 0 Å². The van der Waals surface area contributed by atoms with Crippen molar-refractivity contribution in [2.75, 3.05) is 0 Å². The lowest BCUT2D eigenvalue weighted by atomic mass is 10.9. The SMILES string of the molecule is N#CC#N.NC(N)=S. The number of nitrogens with two attached hydrogens (primary N) is 2. The second-order valence-electron chi connectivity index (χ2n) is 0.626. The van der Waals surface area contributed by atoms with E-state index in [-0.39, 0.29) is 5.11 Å². The molecular weight excluding hydrogens is 124 g/mol. The fourth-order valence-electron chi connectivity index (χ4n) is 0. The zero-order valence-corrected chi connectivity index (χ0v) is 4.77. The van der Waals surface area contributed by atoms with Crippen molar-refractivity contribution in [1.82, 2.24) is 0 Å². The summed E-state index contributed by atoms with van der Waals surface area (Å²) in [5, 5.41) is 14.5. The standard InChI is InChI=1S/C2N2.CH4N2S/c3-1-2-4;2-1(3)4/h;(H4,2,3,4). The van der Waals surface area contributed by atoms with Crippen LogP contribution in [0.4, 0.5) is 0 Å². The Morgan fingerprint density at radius 2 is 1.38 bits per heavy atom. The quantitative estimate of drug-likeness (QED) is 0.417. The molecule has 8 heavy (non-hydrogen) atoms. The van der Waals surface area contributed by atoms with Crippen LogP contribution in [0.15, 0.2) is 0 Å². The molecule has 0 spiro atoms. The maximum absolute atomic E-state index is 7.26. The van der Waals surface area contributed by atoms with E-state index in [0.29, 0.717) is 0 Å². The Balaban J connectivity index is 0. The van der Waals surface area contributed by atoms with Crippen LogP contribution in [0.3, 0.4) is 0 Å². The van der Waals surface area contributed by atoms with Crippen molar-refractivity contribution in [3.63, 3.8) is 0 Å². The van der Waals surface area contributed by atoms with Crippen LogP contribution >= 0.6 is 12.2 Å². The molecule has 0 aliphatic rings. The van der Waals surface area contributed by atoms with Gasteiger partial charge in [-0.05, 0) is 12.2 Å². The van der Waals surface area contributed by atoms with Crippen LogP contribution < -0.4 is 11.5 Å². The second-order valence-corrected chi connectivity index (χ2v) is 1.10. The van der Waals surface area contributed by atoms with Gasteiger partial charge in [0, 0.05) is 0 Å². The Morgan fingerprint density at radius 1 is 1.25 bits per heavy atom. The molecule has 0 saturated heterocycles. The molecule has 0 radical (unpaired) electrons. The van der Waals surface area contributed by atoms with Crippen molar-refractivity contribution in [3.8, 4) is 12.1 Å². The lowest BCUT2D eigenvalue weighted by Gasteiger charge is -1.68. The summed E-state index contributed by atoms with van der Waals surface area (Å²) in [5.74, 6) is 0.